The molecule has 0 amide bonds. The molecule has 24 heavy (non-hydrogen) atoms. The van der Waals surface area contributed by atoms with Crippen molar-refractivity contribution in [3.05, 3.63) is 71.3 Å². The highest BCUT2D eigenvalue weighted by Gasteiger charge is 2.12. The van der Waals surface area contributed by atoms with Crippen molar-refractivity contribution < 1.29 is 9.47 Å². The number of nitrogens with zero attached hydrogens (tertiary/aromatic N) is 3. The van der Waals surface area contributed by atoms with Crippen LogP contribution in [0.15, 0.2) is 55.1 Å². The number of halogens is 1. The fourth-order valence-electron chi connectivity index (χ4n) is 2.21. The van der Waals surface area contributed by atoms with E-state index in [0.717, 1.165) is 11.1 Å². The minimum atomic E-state index is 0.426. The lowest BCUT2D eigenvalue weighted by Crippen LogP contribution is -2.12. The van der Waals surface area contributed by atoms with E-state index in [0.29, 0.717) is 29.7 Å². The van der Waals surface area contributed by atoms with Gasteiger partial charge in [-0.1, -0.05) is 41.9 Å². The second kappa shape index (κ2) is 7.70. The molecular formula is C17H17ClN4O2. The summed E-state index contributed by atoms with van der Waals surface area (Å²) >= 11 is 6.38. The molecule has 3 aromatic rings. The third-order valence-corrected chi connectivity index (χ3v) is 3.68. The Labute approximate surface area is 145 Å². The normalized spacial score (nSPS) is 10.4. The van der Waals surface area contributed by atoms with Gasteiger partial charge in [-0.2, -0.15) is 0 Å². The molecule has 0 aliphatic carbocycles. The smallest absolute Gasteiger partial charge is 0.180 e. The van der Waals surface area contributed by atoms with Crippen molar-refractivity contribution in [3.63, 3.8) is 0 Å². The maximum atomic E-state index is 6.38. The van der Waals surface area contributed by atoms with Crippen LogP contribution in [0, 0.1) is 0 Å². The maximum Gasteiger partial charge on any atom is 0.180 e. The van der Waals surface area contributed by atoms with Gasteiger partial charge in [-0.15, -0.1) is 10.2 Å². The Kier molecular flexibility index (Phi) is 5.18. The van der Waals surface area contributed by atoms with E-state index in [1.807, 2.05) is 42.5 Å². The van der Waals surface area contributed by atoms with Crippen molar-refractivity contribution >= 4 is 11.6 Å². The molecule has 0 unspecified atom stereocenters. The molecule has 0 bridgehead atoms. The first kappa shape index (κ1) is 16.1. The minimum Gasteiger partial charge on any atom is -0.493 e. The second-order valence-corrected chi connectivity index (χ2v) is 5.49. The summed E-state index contributed by atoms with van der Waals surface area (Å²) < 4.78 is 12.9. The van der Waals surface area contributed by atoms with Crippen LogP contribution in [0.2, 0.25) is 5.02 Å². The molecule has 6 nitrogen and oxygen atoms in total. The molecule has 0 saturated carbocycles. The van der Waals surface area contributed by atoms with Crippen LogP contribution in [0.3, 0.4) is 0 Å². The molecule has 124 valence electrons. The lowest BCUT2D eigenvalue weighted by molar-refractivity contribution is 0.284. The van der Waals surface area contributed by atoms with Gasteiger partial charge >= 0.3 is 0 Å². The van der Waals surface area contributed by atoms with Crippen LogP contribution in [-0.4, -0.2) is 22.0 Å². The largest absolute Gasteiger partial charge is 0.493 e. The van der Waals surface area contributed by atoms with Gasteiger partial charge in [0.05, 0.1) is 18.7 Å². The Morgan fingerprint density at radius 2 is 1.83 bits per heavy atom. The predicted octanol–water partition coefficient (Wildman–Crippen LogP) is 3.26. The van der Waals surface area contributed by atoms with Crippen LogP contribution >= 0.6 is 11.6 Å². The fourth-order valence-corrected chi connectivity index (χ4v) is 2.50. The van der Waals surface area contributed by atoms with E-state index >= 15 is 0 Å². The zero-order valence-corrected chi connectivity index (χ0v) is 13.9. The van der Waals surface area contributed by atoms with E-state index in [-0.39, 0.29) is 0 Å². The van der Waals surface area contributed by atoms with E-state index in [1.165, 1.54) is 0 Å². The monoisotopic (exact) mass is 344 g/mol. The Bertz CT molecular complexity index is 779. The average molecular weight is 345 g/mol. The number of hydrogen-bond donors (Lipinski definition) is 1. The van der Waals surface area contributed by atoms with Crippen LogP contribution in [0.1, 0.15) is 11.1 Å². The highest BCUT2D eigenvalue weighted by atomic mass is 35.5. The van der Waals surface area contributed by atoms with Gasteiger partial charge in [-0.25, -0.2) is 4.68 Å². The Morgan fingerprint density at radius 3 is 2.54 bits per heavy atom. The van der Waals surface area contributed by atoms with Gasteiger partial charge in [0, 0.05) is 0 Å². The Balaban J connectivity index is 1.72. The lowest BCUT2D eigenvalue weighted by atomic mass is 10.2. The molecule has 7 heteroatoms. The zero-order valence-electron chi connectivity index (χ0n) is 13.1. The number of rotatable bonds is 7. The predicted molar refractivity (Wildman–Crippen MR) is 91.9 cm³/mol. The topological polar surface area (TPSA) is 61.2 Å². The molecule has 3 rings (SSSR count). The van der Waals surface area contributed by atoms with Crippen molar-refractivity contribution in [2.24, 2.45) is 0 Å². The number of aromatic nitrogens is 3. The number of methoxy groups -OCH3 is 1. The first-order valence-corrected chi connectivity index (χ1v) is 7.75. The molecule has 0 radical (unpaired) electrons. The summed E-state index contributed by atoms with van der Waals surface area (Å²) in [6.07, 6.45) is 3.16. The van der Waals surface area contributed by atoms with E-state index in [2.05, 4.69) is 15.6 Å². The van der Waals surface area contributed by atoms with Gasteiger partial charge in [-0.05, 0) is 23.3 Å². The fraction of sp³-hybridized carbons (Fsp3) is 0.176. The molecular weight excluding hydrogens is 328 g/mol. The third-order valence-electron chi connectivity index (χ3n) is 3.40. The van der Waals surface area contributed by atoms with Crippen LogP contribution in [0.4, 0.5) is 0 Å². The molecule has 0 spiro atoms. The summed E-state index contributed by atoms with van der Waals surface area (Å²) in [4.78, 5) is 0. The molecule has 0 aliphatic heterocycles. The van der Waals surface area contributed by atoms with Crippen LogP contribution < -0.4 is 14.9 Å². The number of ether oxygens (including phenoxy) is 2. The summed E-state index contributed by atoms with van der Waals surface area (Å²) in [7, 11) is 1.60. The molecule has 1 heterocycles. The van der Waals surface area contributed by atoms with E-state index in [4.69, 9.17) is 21.1 Å². The van der Waals surface area contributed by atoms with E-state index in [1.54, 1.807) is 24.4 Å². The highest BCUT2D eigenvalue weighted by Crippen LogP contribution is 2.37. The van der Waals surface area contributed by atoms with Crippen LogP contribution in [-0.2, 0) is 13.2 Å². The second-order valence-electron chi connectivity index (χ2n) is 5.09. The van der Waals surface area contributed by atoms with E-state index in [9.17, 15) is 0 Å². The Hall–Kier alpha value is -2.73. The van der Waals surface area contributed by atoms with Crippen molar-refractivity contribution in [3.8, 4) is 11.5 Å². The van der Waals surface area contributed by atoms with E-state index < -0.39 is 0 Å². The van der Waals surface area contributed by atoms with Crippen molar-refractivity contribution in [2.45, 2.75) is 13.2 Å². The number of nitrogens with one attached hydrogen (secondary N) is 1. The quantitative estimate of drug-likeness (QED) is 0.712. The molecule has 0 aliphatic rings. The summed E-state index contributed by atoms with van der Waals surface area (Å²) in [5.74, 6) is 1.13. The van der Waals surface area contributed by atoms with Gasteiger partial charge in [-0.3, -0.25) is 0 Å². The molecule has 0 atom stereocenters. The van der Waals surface area contributed by atoms with Gasteiger partial charge in [0.1, 0.15) is 19.3 Å². The SMILES string of the molecule is COc1cc(CNn2cnnc2)cc(Cl)c1OCc1ccccc1. The standard InChI is InChI=1S/C17H17ClN4O2/c1-23-16-8-14(9-21-22-11-19-20-12-22)7-15(18)17(16)24-10-13-5-3-2-4-6-13/h2-8,11-12,21H,9-10H2,1H3. The van der Waals surface area contributed by atoms with Gasteiger partial charge < -0.3 is 14.9 Å². The van der Waals surface area contributed by atoms with Gasteiger partial charge in [0.2, 0.25) is 0 Å². The van der Waals surface area contributed by atoms with Gasteiger partial charge in [0.15, 0.2) is 11.5 Å². The molecule has 2 aromatic carbocycles. The van der Waals surface area contributed by atoms with Crippen molar-refractivity contribution in [2.75, 3.05) is 12.5 Å². The minimum absolute atomic E-state index is 0.426. The maximum absolute atomic E-state index is 6.38. The Morgan fingerprint density at radius 1 is 1.08 bits per heavy atom. The molecule has 0 saturated heterocycles. The summed E-state index contributed by atoms with van der Waals surface area (Å²) in [5, 5.41) is 7.97. The number of hydrogen-bond acceptors (Lipinski definition) is 5. The first-order valence-electron chi connectivity index (χ1n) is 7.38. The first-order chi connectivity index (χ1) is 11.8. The third kappa shape index (κ3) is 3.97. The molecule has 0 fully saturated rings. The average Bonchev–Trinajstić information content (AvgIpc) is 3.13. The van der Waals surface area contributed by atoms with Gasteiger partial charge in [0.25, 0.3) is 0 Å². The highest BCUT2D eigenvalue weighted by molar-refractivity contribution is 6.32. The molecule has 1 N–H and O–H groups in total. The lowest BCUT2D eigenvalue weighted by Gasteiger charge is -2.15. The summed E-state index contributed by atoms with van der Waals surface area (Å²) in [6, 6.07) is 13.6. The van der Waals surface area contributed by atoms with Crippen LogP contribution in [0.5, 0.6) is 11.5 Å². The summed E-state index contributed by atoms with van der Waals surface area (Å²) in [5.41, 5.74) is 5.15. The van der Waals surface area contributed by atoms with Crippen molar-refractivity contribution in [1.82, 2.24) is 14.9 Å². The van der Waals surface area contributed by atoms with Crippen LogP contribution in [0.25, 0.3) is 0 Å². The number of benzene rings is 2. The molecule has 1 aromatic heterocycles. The van der Waals surface area contributed by atoms with Crippen molar-refractivity contribution in [1.29, 1.82) is 0 Å². The zero-order chi connectivity index (χ0) is 16.8. The summed E-state index contributed by atoms with van der Waals surface area (Å²) in [6.45, 7) is 0.975.